The average Bonchev–Trinajstić information content (AvgIpc) is 2.88. The molecule has 6 N–H and O–H groups in total. The summed E-state index contributed by atoms with van der Waals surface area (Å²) < 4.78 is 46.6. The summed E-state index contributed by atoms with van der Waals surface area (Å²) in [6, 6.07) is 20.6. The Kier molecular flexibility index (Phi) is 6.70. The molecule has 0 saturated carbocycles. The fourth-order valence-corrected chi connectivity index (χ4v) is 4.14. The van der Waals surface area contributed by atoms with Crippen LogP contribution < -0.4 is 16.4 Å². The van der Waals surface area contributed by atoms with Gasteiger partial charge in [-0.15, -0.1) is 5.11 Å². The van der Waals surface area contributed by atoms with Crippen molar-refractivity contribution in [2.45, 2.75) is 4.90 Å². The van der Waals surface area contributed by atoms with Gasteiger partial charge in [0.15, 0.2) is 0 Å². The van der Waals surface area contributed by atoms with Gasteiger partial charge < -0.3 is 21.5 Å². The minimum absolute atomic E-state index is 0.0201. The maximum Gasteiger partial charge on any atom is 0.315 e. The van der Waals surface area contributed by atoms with Crippen LogP contribution in [0.1, 0.15) is 0 Å². The van der Waals surface area contributed by atoms with Gasteiger partial charge in [0.25, 0.3) is 10.1 Å². The van der Waals surface area contributed by atoms with E-state index in [-0.39, 0.29) is 39.8 Å². The van der Waals surface area contributed by atoms with Gasteiger partial charge in [0.1, 0.15) is 11.4 Å². The number of nitrogens with one attached hydrogen (secondary N) is 2. The highest BCUT2D eigenvalue weighted by atomic mass is 32.2. The van der Waals surface area contributed by atoms with E-state index in [9.17, 15) is 22.5 Å². The van der Waals surface area contributed by atoms with E-state index in [1.165, 1.54) is 12.1 Å². The van der Waals surface area contributed by atoms with Crippen LogP contribution in [0.4, 0.5) is 44.7 Å². The molecule has 0 aliphatic heterocycles. The third kappa shape index (κ3) is 5.87. The second-order valence-electron chi connectivity index (χ2n) is 8.13. The normalized spacial score (nSPS) is 11.6. The van der Waals surface area contributed by atoms with E-state index in [0.717, 1.165) is 12.1 Å². The molecule has 0 amide bonds. The van der Waals surface area contributed by atoms with Crippen molar-refractivity contribution in [3.8, 4) is 5.75 Å². The molecule has 4 aromatic carbocycles. The monoisotopic (exact) mass is 546 g/mol. The quantitative estimate of drug-likeness (QED) is 0.0976. The van der Waals surface area contributed by atoms with Crippen molar-refractivity contribution >= 4 is 61.2 Å². The van der Waals surface area contributed by atoms with Crippen molar-refractivity contribution < 1.29 is 22.5 Å². The van der Waals surface area contributed by atoms with E-state index in [2.05, 4.69) is 35.8 Å². The third-order valence-corrected chi connectivity index (χ3v) is 6.25. The van der Waals surface area contributed by atoms with Crippen molar-refractivity contribution in [3.05, 3.63) is 84.9 Å². The summed E-state index contributed by atoms with van der Waals surface area (Å²) >= 11 is 0. The minimum atomic E-state index is -4.59. The van der Waals surface area contributed by atoms with Crippen LogP contribution in [0.5, 0.6) is 5.75 Å². The SMILES string of the molecule is Nc1ccc2c(O)cc(S(=O)(=O)O)cc2c1N=Nc1ccc(Nc2nc(F)nc(Nc3ccccc3)n2)cc1. The molecule has 0 spiro atoms. The lowest BCUT2D eigenvalue weighted by atomic mass is 10.1. The van der Waals surface area contributed by atoms with Crippen LogP contribution in [0.3, 0.4) is 0 Å². The van der Waals surface area contributed by atoms with Crippen LogP contribution in [0, 0.1) is 6.08 Å². The van der Waals surface area contributed by atoms with Gasteiger partial charge in [-0.2, -0.15) is 32.9 Å². The van der Waals surface area contributed by atoms with Crippen LogP contribution in [0.2, 0.25) is 0 Å². The summed E-state index contributed by atoms with van der Waals surface area (Å²) in [5.74, 6) is -0.366. The lowest BCUT2D eigenvalue weighted by molar-refractivity contribution is 0.471. The Morgan fingerprint density at radius 3 is 2.08 bits per heavy atom. The molecule has 1 heterocycles. The Labute approximate surface area is 220 Å². The van der Waals surface area contributed by atoms with Crippen molar-refractivity contribution in [1.82, 2.24) is 15.0 Å². The lowest BCUT2D eigenvalue weighted by Gasteiger charge is -2.09. The third-order valence-electron chi connectivity index (χ3n) is 5.41. The van der Waals surface area contributed by atoms with Crippen LogP contribution in [-0.2, 0) is 10.1 Å². The number of rotatable bonds is 7. The van der Waals surface area contributed by atoms with Crippen LogP contribution in [0.15, 0.2) is 94.0 Å². The summed E-state index contributed by atoms with van der Waals surface area (Å²) in [6.45, 7) is 0. The summed E-state index contributed by atoms with van der Waals surface area (Å²) in [6.07, 6.45) is -0.966. The molecule has 0 bridgehead atoms. The van der Waals surface area contributed by atoms with Crippen molar-refractivity contribution in [2.75, 3.05) is 16.4 Å². The zero-order valence-electron chi connectivity index (χ0n) is 19.8. The number of nitrogen functional groups attached to an aromatic ring is 1. The molecule has 0 unspecified atom stereocenters. The lowest BCUT2D eigenvalue weighted by Crippen LogP contribution is -2.05. The van der Waals surface area contributed by atoms with Crippen molar-refractivity contribution in [2.24, 2.45) is 10.2 Å². The van der Waals surface area contributed by atoms with Gasteiger partial charge in [0.2, 0.25) is 11.9 Å². The maximum absolute atomic E-state index is 14.0. The highest BCUT2D eigenvalue weighted by Gasteiger charge is 2.16. The van der Waals surface area contributed by atoms with Gasteiger partial charge in [-0.25, -0.2) is 0 Å². The van der Waals surface area contributed by atoms with Gasteiger partial charge in [0.05, 0.1) is 16.3 Å². The number of aromatic nitrogens is 3. The number of hydrogen-bond acceptors (Lipinski definition) is 11. The molecule has 0 aliphatic rings. The van der Waals surface area contributed by atoms with E-state index >= 15 is 0 Å². The van der Waals surface area contributed by atoms with Crippen LogP contribution >= 0.6 is 0 Å². The molecule has 0 saturated heterocycles. The molecule has 0 atom stereocenters. The first kappa shape index (κ1) is 25.4. The molecule has 14 heteroatoms. The van der Waals surface area contributed by atoms with Gasteiger partial charge in [-0.3, -0.25) is 4.55 Å². The van der Waals surface area contributed by atoms with Crippen LogP contribution in [0.25, 0.3) is 10.8 Å². The number of phenolic OH excluding ortho intramolecular Hbond substituents is 1. The first-order chi connectivity index (χ1) is 18.7. The minimum Gasteiger partial charge on any atom is -0.507 e. The Morgan fingerprint density at radius 1 is 0.795 bits per heavy atom. The molecule has 0 fully saturated rings. The van der Waals surface area contributed by atoms with E-state index in [4.69, 9.17) is 5.73 Å². The number of fused-ring (bicyclic) bond motifs is 1. The fourth-order valence-electron chi connectivity index (χ4n) is 3.61. The van der Waals surface area contributed by atoms with Gasteiger partial charge in [0, 0.05) is 28.2 Å². The largest absolute Gasteiger partial charge is 0.507 e. The number of para-hydroxylation sites is 1. The summed E-state index contributed by atoms with van der Waals surface area (Å²) in [7, 11) is -4.59. The van der Waals surface area contributed by atoms with E-state index < -0.39 is 21.1 Å². The Morgan fingerprint density at radius 2 is 1.44 bits per heavy atom. The number of anilines is 5. The Bertz CT molecular complexity index is 1820. The molecular weight excluding hydrogens is 527 g/mol. The second-order valence-corrected chi connectivity index (χ2v) is 9.55. The van der Waals surface area contributed by atoms with E-state index in [1.807, 2.05) is 18.2 Å². The first-order valence-electron chi connectivity index (χ1n) is 11.2. The van der Waals surface area contributed by atoms with Crippen molar-refractivity contribution in [1.29, 1.82) is 0 Å². The highest BCUT2D eigenvalue weighted by Crippen LogP contribution is 2.39. The first-order valence-corrected chi connectivity index (χ1v) is 12.6. The molecule has 5 rings (SSSR count). The number of benzene rings is 4. The number of azo groups is 1. The van der Waals surface area contributed by atoms with E-state index in [0.29, 0.717) is 17.1 Å². The predicted octanol–water partition coefficient (Wildman–Crippen LogP) is 5.60. The van der Waals surface area contributed by atoms with E-state index in [1.54, 1.807) is 36.4 Å². The number of aromatic hydroxyl groups is 1. The average molecular weight is 547 g/mol. The zero-order valence-corrected chi connectivity index (χ0v) is 20.6. The fraction of sp³-hybridized carbons (Fsp3) is 0. The molecule has 12 nitrogen and oxygen atoms in total. The topological polar surface area (TPSA) is 188 Å². The molecule has 196 valence electrons. The molecule has 5 aromatic rings. The number of phenols is 1. The zero-order chi connectivity index (χ0) is 27.6. The van der Waals surface area contributed by atoms with Gasteiger partial charge in [-0.1, -0.05) is 18.2 Å². The molecule has 1 aromatic heterocycles. The smallest absolute Gasteiger partial charge is 0.315 e. The number of halogens is 1. The number of nitrogens with zero attached hydrogens (tertiary/aromatic N) is 5. The van der Waals surface area contributed by atoms with Gasteiger partial charge >= 0.3 is 6.08 Å². The number of nitrogens with two attached hydrogens (primary N) is 1. The van der Waals surface area contributed by atoms with Crippen LogP contribution in [-0.4, -0.2) is 33.0 Å². The number of hydrogen-bond donors (Lipinski definition) is 5. The maximum atomic E-state index is 14.0. The molecule has 0 radical (unpaired) electrons. The van der Waals surface area contributed by atoms with Gasteiger partial charge in [-0.05, 0) is 54.6 Å². The predicted molar refractivity (Wildman–Crippen MR) is 143 cm³/mol. The standard InChI is InChI=1S/C25H19FN8O4S/c26-23-30-24(28-14-4-2-1-3-5-14)32-25(31-23)29-15-6-8-16(9-7-15)33-34-22-19-12-17(39(36,37)38)13-21(35)18(19)10-11-20(22)27/h1-13,35H,27H2,(H,36,37,38)(H2,28,29,30,31,32). The summed E-state index contributed by atoms with van der Waals surface area (Å²) in [5, 5.41) is 24.8. The summed E-state index contributed by atoms with van der Waals surface area (Å²) in [5.41, 5.74) is 7.92. The molecule has 39 heavy (non-hydrogen) atoms. The second kappa shape index (κ2) is 10.3. The Hall–Kier alpha value is -5.21. The highest BCUT2D eigenvalue weighted by molar-refractivity contribution is 7.85. The Balaban J connectivity index is 1.38. The molecule has 0 aliphatic carbocycles. The molecular formula is C25H19FN8O4S. The van der Waals surface area contributed by atoms with Crippen molar-refractivity contribution in [3.63, 3.8) is 0 Å². The summed E-state index contributed by atoms with van der Waals surface area (Å²) in [4.78, 5) is 11.0.